The van der Waals surface area contributed by atoms with Gasteiger partial charge in [-0.3, -0.25) is 0 Å². The Kier molecular flexibility index (Phi) is 6.86. The van der Waals surface area contributed by atoms with E-state index in [9.17, 15) is 0 Å². The predicted octanol–water partition coefficient (Wildman–Crippen LogP) is 14.8. The third-order valence-corrected chi connectivity index (χ3v) is 13.1. The molecule has 0 bridgehead atoms. The first kappa shape index (κ1) is 32.8. The summed E-state index contributed by atoms with van der Waals surface area (Å²) in [6.45, 7) is 2.30. The molecule has 4 heterocycles. The van der Waals surface area contributed by atoms with Crippen molar-refractivity contribution in [1.82, 2.24) is 4.57 Å². The number of benzene rings is 7. The number of hydrogen-bond donors (Lipinski definition) is 0. The molecule has 2 aliphatic carbocycles. The molecule has 13 rings (SSSR count). The molecule has 0 spiro atoms. The van der Waals surface area contributed by atoms with Gasteiger partial charge in [-0.15, -0.1) is 0 Å². The summed E-state index contributed by atoms with van der Waals surface area (Å²) in [5.74, 6) is 0.737. The molecule has 3 aliphatic rings. The van der Waals surface area contributed by atoms with E-state index in [1.807, 2.05) is 0 Å². The molecule has 4 heteroatoms. The van der Waals surface area contributed by atoms with Gasteiger partial charge in [0.2, 0.25) is 0 Å². The molecular formula is C55H38N2O2. The van der Waals surface area contributed by atoms with Crippen LogP contribution in [-0.2, 0) is 0 Å². The highest BCUT2D eigenvalue weighted by molar-refractivity contribution is 6.26. The molecule has 3 unspecified atom stereocenters. The maximum absolute atomic E-state index is 6.60. The summed E-state index contributed by atoms with van der Waals surface area (Å²) < 4.78 is 15.5. The van der Waals surface area contributed by atoms with E-state index in [2.05, 4.69) is 198 Å². The topological polar surface area (TPSA) is 34.5 Å². The first-order valence-electron chi connectivity index (χ1n) is 20.7. The van der Waals surface area contributed by atoms with Crippen LogP contribution in [-0.4, -0.2) is 10.6 Å². The lowest BCUT2D eigenvalue weighted by molar-refractivity contribution is 0.663. The zero-order valence-electron chi connectivity index (χ0n) is 32.5. The highest BCUT2D eigenvalue weighted by atomic mass is 16.3. The first-order chi connectivity index (χ1) is 29.1. The normalized spacial score (nSPS) is 18.7. The van der Waals surface area contributed by atoms with Gasteiger partial charge < -0.3 is 18.3 Å². The number of fused-ring (bicyclic) bond motifs is 13. The summed E-state index contributed by atoms with van der Waals surface area (Å²) >= 11 is 0. The third-order valence-electron chi connectivity index (χ3n) is 13.1. The van der Waals surface area contributed by atoms with Gasteiger partial charge >= 0.3 is 0 Å². The standard InChI is InChI=1S/C55H38N2O2/c1-33-10-9-11-34(28-33)35-18-22-48-42(29-35)43-30-36(19-23-49(43)56(48)38-12-3-2-4-13-38)37-20-24-50-44(31-37)54-52(58-50)26-27-53-55(54)45-32-39(21-25-51(45)59-53)57-46-16-7-5-14-40(46)41-15-6-8-17-47(41)57/h2-27,29-33,43,49H,28H2,1H3. The fraction of sp³-hybridized carbons (Fsp3) is 0.0909. The van der Waals surface area contributed by atoms with Gasteiger partial charge in [-0.2, -0.15) is 0 Å². The van der Waals surface area contributed by atoms with Crippen molar-refractivity contribution in [1.29, 1.82) is 0 Å². The Hall–Kier alpha value is -7.30. The minimum atomic E-state index is 0.185. The van der Waals surface area contributed by atoms with Crippen LogP contribution in [0.15, 0.2) is 191 Å². The second-order valence-electron chi connectivity index (χ2n) is 16.5. The first-order valence-corrected chi connectivity index (χ1v) is 20.7. The molecule has 7 aromatic carbocycles. The minimum absolute atomic E-state index is 0.185. The van der Waals surface area contributed by atoms with E-state index >= 15 is 0 Å². The van der Waals surface area contributed by atoms with E-state index in [0.29, 0.717) is 5.92 Å². The Morgan fingerprint density at radius 2 is 1.22 bits per heavy atom. The summed E-state index contributed by atoms with van der Waals surface area (Å²) in [6, 6.07) is 52.9. The summed E-state index contributed by atoms with van der Waals surface area (Å²) in [5.41, 5.74) is 15.9. The Morgan fingerprint density at radius 3 is 1.97 bits per heavy atom. The van der Waals surface area contributed by atoms with Crippen LogP contribution < -0.4 is 4.90 Å². The molecule has 0 radical (unpaired) electrons. The second kappa shape index (κ2) is 12.3. The van der Waals surface area contributed by atoms with Crippen LogP contribution in [0, 0.1) is 5.92 Å². The zero-order chi connectivity index (χ0) is 38.8. The fourth-order valence-corrected chi connectivity index (χ4v) is 10.4. The molecule has 1 aliphatic heterocycles. The van der Waals surface area contributed by atoms with E-state index in [1.165, 1.54) is 61.0 Å². The van der Waals surface area contributed by atoms with Gasteiger partial charge in [-0.1, -0.05) is 110 Å². The SMILES string of the molecule is CC1C=CC=C(c2ccc3c(c2)C2C=C(c4ccc5oc6ccc7oc8ccc(-n9c%10ccccc%10c%10ccccc%109)cc8c7c6c5c4)C=CC2N3c2ccccc2)C1. The third kappa shape index (κ3) is 4.84. The Balaban J connectivity index is 0.964. The highest BCUT2D eigenvalue weighted by Gasteiger charge is 2.39. The average Bonchev–Trinajstić information content (AvgIpc) is 4.03. The van der Waals surface area contributed by atoms with Crippen molar-refractivity contribution in [2.45, 2.75) is 25.3 Å². The van der Waals surface area contributed by atoms with Gasteiger partial charge in [0.25, 0.3) is 0 Å². The van der Waals surface area contributed by atoms with Gasteiger partial charge in [-0.25, -0.2) is 0 Å². The molecule has 3 aromatic heterocycles. The molecule has 10 aromatic rings. The monoisotopic (exact) mass is 758 g/mol. The quantitative estimate of drug-likeness (QED) is 0.179. The van der Waals surface area contributed by atoms with E-state index in [-0.39, 0.29) is 12.0 Å². The van der Waals surface area contributed by atoms with Gasteiger partial charge in [0.15, 0.2) is 0 Å². The smallest absolute Gasteiger partial charge is 0.136 e. The lowest BCUT2D eigenvalue weighted by atomic mass is 9.84. The van der Waals surface area contributed by atoms with Crippen molar-refractivity contribution in [2.75, 3.05) is 4.90 Å². The fourth-order valence-electron chi connectivity index (χ4n) is 10.4. The van der Waals surface area contributed by atoms with Crippen molar-refractivity contribution in [3.8, 4) is 5.69 Å². The highest BCUT2D eigenvalue weighted by Crippen LogP contribution is 2.51. The molecule has 280 valence electrons. The Labute approximate surface area is 340 Å². The number of nitrogens with zero attached hydrogens (tertiary/aromatic N) is 2. The van der Waals surface area contributed by atoms with Gasteiger partial charge in [-0.05, 0) is 119 Å². The van der Waals surface area contributed by atoms with Crippen LogP contribution in [0.3, 0.4) is 0 Å². The molecule has 0 saturated carbocycles. The van der Waals surface area contributed by atoms with Crippen LogP contribution in [0.25, 0.3) is 82.5 Å². The zero-order valence-corrected chi connectivity index (χ0v) is 32.5. The number of furan rings is 2. The minimum Gasteiger partial charge on any atom is -0.456 e. The molecule has 0 fully saturated rings. The lowest BCUT2D eigenvalue weighted by Crippen LogP contribution is -2.28. The molecule has 0 N–H and O–H groups in total. The summed E-state index contributed by atoms with van der Waals surface area (Å²) in [5, 5.41) is 6.84. The molecule has 4 nitrogen and oxygen atoms in total. The summed E-state index contributed by atoms with van der Waals surface area (Å²) in [7, 11) is 0. The lowest BCUT2D eigenvalue weighted by Gasteiger charge is -2.29. The number of anilines is 2. The molecular weight excluding hydrogens is 721 g/mol. The number of allylic oxidation sites excluding steroid dienone is 6. The van der Waals surface area contributed by atoms with Crippen molar-refractivity contribution in [3.63, 3.8) is 0 Å². The van der Waals surface area contributed by atoms with E-state index in [0.717, 1.165) is 56.0 Å². The molecule has 59 heavy (non-hydrogen) atoms. The molecule has 3 atom stereocenters. The van der Waals surface area contributed by atoms with Crippen molar-refractivity contribution in [3.05, 3.63) is 199 Å². The Morgan fingerprint density at radius 1 is 0.559 bits per heavy atom. The van der Waals surface area contributed by atoms with Crippen LogP contribution in [0.4, 0.5) is 11.4 Å². The van der Waals surface area contributed by atoms with Crippen molar-refractivity contribution >= 4 is 88.2 Å². The number of aromatic nitrogens is 1. The maximum atomic E-state index is 6.60. The van der Waals surface area contributed by atoms with Crippen LogP contribution in [0.2, 0.25) is 0 Å². The number of hydrogen-bond acceptors (Lipinski definition) is 3. The summed E-state index contributed by atoms with van der Waals surface area (Å²) in [6.07, 6.45) is 15.1. The Bertz CT molecular complexity index is 3460. The second-order valence-corrected chi connectivity index (χ2v) is 16.5. The van der Waals surface area contributed by atoms with E-state index < -0.39 is 0 Å². The predicted molar refractivity (Wildman–Crippen MR) is 245 cm³/mol. The van der Waals surface area contributed by atoms with Gasteiger partial charge in [0.05, 0.1) is 17.1 Å². The maximum Gasteiger partial charge on any atom is 0.136 e. The molecule has 0 saturated heterocycles. The number of para-hydroxylation sites is 3. The largest absolute Gasteiger partial charge is 0.456 e. The van der Waals surface area contributed by atoms with E-state index in [1.54, 1.807) is 0 Å². The van der Waals surface area contributed by atoms with Gasteiger partial charge in [0.1, 0.15) is 22.3 Å². The van der Waals surface area contributed by atoms with Crippen LogP contribution in [0.5, 0.6) is 0 Å². The molecule has 0 amide bonds. The average molecular weight is 759 g/mol. The van der Waals surface area contributed by atoms with E-state index in [4.69, 9.17) is 8.83 Å². The summed E-state index contributed by atoms with van der Waals surface area (Å²) in [4.78, 5) is 2.52. The van der Waals surface area contributed by atoms with Crippen molar-refractivity contribution in [2.24, 2.45) is 5.92 Å². The van der Waals surface area contributed by atoms with Crippen LogP contribution in [0.1, 0.15) is 36.0 Å². The number of rotatable bonds is 4. The van der Waals surface area contributed by atoms with Gasteiger partial charge in [0, 0.05) is 55.3 Å². The van der Waals surface area contributed by atoms with Crippen molar-refractivity contribution < 1.29 is 8.83 Å². The van der Waals surface area contributed by atoms with Crippen LogP contribution >= 0.6 is 0 Å².